The molecule has 1 heterocycles. The molecule has 1 aromatic heterocycles. The first kappa shape index (κ1) is 11.4. The van der Waals surface area contributed by atoms with Gasteiger partial charge in [-0.1, -0.05) is 0 Å². The maximum absolute atomic E-state index is 4.54. The van der Waals surface area contributed by atoms with E-state index in [-0.39, 0.29) is 0 Å². The van der Waals surface area contributed by atoms with Crippen LogP contribution in [0, 0.1) is 6.92 Å². The lowest BCUT2D eigenvalue weighted by atomic mass is 10.5. The fourth-order valence-corrected chi connectivity index (χ4v) is 2.10. The Labute approximate surface area is 100 Å². The standard InChI is InChI=1S/C11H18N4S/c1-3-12-11(15-9-4-5-9)14-7-10-6-13-8(2)16-10/h6,9H,3-5,7H2,1-2H3,(H2,12,14,15). The fraction of sp³-hybridized carbons (Fsp3) is 0.636. The Balaban J connectivity index is 1.90. The molecule has 1 aliphatic rings. The zero-order valence-electron chi connectivity index (χ0n) is 9.79. The summed E-state index contributed by atoms with van der Waals surface area (Å²) in [6.07, 6.45) is 4.44. The van der Waals surface area contributed by atoms with Crippen LogP contribution in [0.4, 0.5) is 0 Å². The number of nitrogens with one attached hydrogen (secondary N) is 2. The largest absolute Gasteiger partial charge is 0.357 e. The van der Waals surface area contributed by atoms with Gasteiger partial charge in [-0.3, -0.25) is 0 Å². The van der Waals surface area contributed by atoms with Crippen molar-refractivity contribution in [1.29, 1.82) is 0 Å². The Morgan fingerprint density at radius 1 is 1.62 bits per heavy atom. The van der Waals surface area contributed by atoms with Crippen molar-refractivity contribution in [1.82, 2.24) is 15.6 Å². The molecular weight excluding hydrogens is 220 g/mol. The summed E-state index contributed by atoms with van der Waals surface area (Å²) in [4.78, 5) is 9.98. The quantitative estimate of drug-likeness (QED) is 0.619. The highest BCUT2D eigenvalue weighted by atomic mass is 32.1. The number of thiazole rings is 1. The van der Waals surface area contributed by atoms with E-state index in [0.29, 0.717) is 12.6 Å². The van der Waals surface area contributed by atoms with Crippen molar-refractivity contribution < 1.29 is 0 Å². The minimum absolute atomic E-state index is 0.640. The smallest absolute Gasteiger partial charge is 0.191 e. The van der Waals surface area contributed by atoms with Crippen molar-refractivity contribution in [3.63, 3.8) is 0 Å². The van der Waals surface area contributed by atoms with E-state index in [9.17, 15) is 0 Å². The second kappa shape index (κ2) is 5.30. The summed E-state index contributed by atoms with van der Waals surface area (Å²) in [5, 5.41) is 7.75. The van der Waals surface area contributed by atoms with Crippen molar-refractivity contribution >= 4 is 17.3 Å². The normalized spacial score (nSPS) is 16.2. The number of rotatable bonds is 4. The second-order valence-corrected chi connectivity index (χ2v) is 5.28. The van der Waals surface area contributed by atoms with E-state index in [1.165, 1.54) is 17.7 Å². The van der Waals surface area contributed by atoms with Crippen LogP contribution in [-0.2, 0) is 6.54 Å². The van der Waals surface area contributed by atoms with E-state index >= 15 is 0 Å². The molecular formula is C11H18N4S. The SMILES string of the molecule is CCNC(=NCc1cnc(C)s1)NC1CC1. The van der Waals surface area contributed by atoms with Gasteiger partial charge >= 0.3 is 0 Å². The Morgan fingerprint density at radius 3 is 3.00 bits per heavy atom. The van der Waals surface area contributed by atoms with Gasteiger partial charge in [0.2, 0.25) is 0 Å². The van der Waals surface area contributed by atoms with Crippen molar-refractivity contribution in [2.75, 3.05) is 6.54 Å². The molecule has 4 nitrogen and oxygen atoms in total. The zero-order valence-corrected chi connectivity index (χ0v) is 10.6. The minimum atomic E-state index is 0.640. The van der Waals surface area contributed by atoms with Crippen molar-refractivity contribution in [3.8, 4) is 0 Å². The number of aromatic nitrogens is 1. The number of guanidine groups is 1. The Kier molecular flexibility index (Phi) is 3.77. The Hall–Kier alpha value is -1.10. The summed E-state index contributed by atoms with van der Waals surface area (Å²) in [6, 6.07) is 0.640. The average molecular weight is 238 g/mol. The van der Waals surface area contributed by atoms with E-state index in [2.05, 4.69) is 27.5 Å². The van der Waals surface area contributed by atoms with Gasteiger partial charge in [0.1, 0.15) is 0 Å². The van der Waals surface area contributed by atoms with Crippen molar-refractivity contribution in [3.05, 3.63) is 16.1 Å². The zero-order chi connectivity index (χ0) is 11.4. The summed E-state index contributed by atoms with van der Waals surface area (Å²) < 4.78 is 0. The molecule has 1 saturated carbocycles. The molecule has 0 aromatic carbocycles. The molecule has 88 valence electrons. The molecule has 1 aliphatic carbocycles. The van der Waals surface area contributed by atoms with Crippen LogP contribution in [0.15, 0.2) is 11.2 Å². The lowest BCUT2D eigenvalue weighted by molar-refractivity contribution is 0.813. The van der Waals surface area contributed by atoms with Gasteiger partial charge in [0.05, 0.1) is 11.6 Å². The highest BCUT2D eigenvalue weighted by Gasteiger charge is 2.21. The van der Waals surface area contributed by atoms with E-state index in [4.69, 9.17) is 0 Å². The maximum Gasteiger partial charge on any atom is 0.191 e. The highest BCUT2D eigenvalue weighted by Crippen LogP contribution is 2.18. The number of nitrogens with zero attached hydrogens (tertiary/aromatic N) is 2. The first-order valence-corrected chi connectivity index (χ1v) is 6.55. The summed E-state index contributed by atoms with van der Waals surface area (Å²) >= 11 is 1.71. The van der Waals surface area contributed by atoms with Gasteiger partial charge in [0.15, 0.2) is 5.96 Å². The number of aliphatic imine (C=N–C) groups is 1. The molecule has 0 atom stereocenters. The van der Waals surface area contributed by atoms with Crippen LogP contribution in [0.1, 0.15) is 29.7 Å². The monoisotopic (exact) mass is 238 g/mol. The van der Waals surface area contributed by atoms with E-state index in [1.54, 1.807) is 11.3 Å². The molecule has 0 saturated heterocycles. The molecule has 0 amide bonds. The molecule has 16 heavy (non-hydrogen) atoms. The predicted octanol–water partition coefficient (Wildman–Crippen LogP) is 1.67. The van der Waals surface area contributed by atoms with Gasteiger partial charge < -0.3 is 10.6 Å². The summed E-state index contributed by atoms with van der Waals surface area (Å²) in [6.45, 7) is 5.72. The Morgan fingerprint density at radius 2 is 2.44 bits per heavy atom. The number of hydrogen-bond acceptors (Lipinski definition) is 3. The van der Waals surface area contributed by atoms with Gasteiger partial charge in [-0.2, -0.15) is 0 Å². The van der Waals surface area contributed by atoms with Crippen LogP contribution in [0.3, 0.4) is 0 Å². The third-order valence-corrected chi connectivity index (χ3v) is 3.22. The number of aryl methyl sites for hydroxylation is 1. The highest BCUT2D eigenvalue weighted by molar-refractivity contribution is 7.11. The lowest BCUT2D eigenvalue weighted by Gasteiger charge is -2.09. The molecule has 0 radical (unpaired) electrons. The summed E-state index contributed by atoms with van der Waals surface area (Å²) in [7, 11) is 0. The van der Waals surface area contributed by atoms with Crippen molar-refractivity contribution in [2.45, 2.75) is 39.3 Å². The molecule has 0 bridgehead atoms. The van der Waals surface area contributed by atoms with Gasteiger partial charge in [-0.05, 0) is 26.7 Å². The second-order valence-electron chi connectivity index (χ2n) is 3.96. The van der Waals surface area contributed by atoms with Crippen LogP contribution in [0.2, 0.25) is 0 Å². The van der Waals surface area contributed by atoms with Crippen molar-refractivity contribution in [2.24, 2.45) is 4.99 Å². The van der Waals surface area contributed by atoms with Gasteiger partial charge in [-0.15, -0.1) is 11.3 Å². The molecule has 0 spiro atoms. The molecule has 0 aliphatic heterocycles. The Bertz CT molecular complexity index is 368. The number of hydrogen-bond donors (Lipinski definition) is 2. The average Bonchev–Trinajstić information content (AvgIpc) is 2.97. The van der Waals surface area contributed by atoms with Crippen LogP contribution in [-0.4, -0.2) is 23.5 Å². The van der Waals surface area contributed by atoms with E-state index in [1.807, 2.05) is 13.1 Å². The third-order valence-electron chi connectivity index (χ3n) is 2.32. The topological polar surface area (TPSA) is 49.3 Å². The molecule has 0 unspecified atom stereocenters. The van der Waals surface area contributed by atoms with Gasteiger partial charge in [-0.25, -0.2) is 9.98 Å². The van der Waals surface area contributed by atoms with Crippen LogP contribution < -0.4 is 10.6 Å². The minimum Gasteiger partial charge on any atom is -0.357 e. The first-order chi connectivity index (χ1) is 7.78. The molecule has 5 heteroatoms. The first-order valence-electron chi connectivity index (χ1n) is 5.74. The lowest BCUT2D eigenvalue weighted by Crippen LogP contribution is -2.38. The van der Waals surface area contributed by atoms with Gasteiger partial charge in [0, 0.05) is 23.7 Å². The summed E-state index contributed by atoms with van der Waals surface area (Å²) in [5.74, 6) is 0.927. The third kappa shape index (κ3) is 3.48. The molecule has 2 rings (SSSR count). The molecule has 2 N–H and O–H groups in total. The van der Waals surface area contributed by atoms with Crippen LogP contribution in [0.25, 0.3) is 0 Å². The fourth-order valence-electron chi connectivity index (χ4n) is 1.38. The molecule has 1 aromatic rings. The van der Waals surface area contributed by atoms with Crippen LogP contribution >= 0.6 is 11.3 Å². The molecule has 1 fully saturated rings. The summed E-state index contributed by atoms with van der Waals surface area (Å²) in [5.41, 5.74) is 0. The van der Waals surface area contributed by atoms with Gasteiger partial charge in [0.25, 0.3) is 0 Å². The predicted molar refractivity (Wildman–Crippen MR) is 67.8 cm³/mol. The van der Waals surface area contributed by atoms with E-state index < -0.39 is 0 Å². The van der Waals surface area contributed by atoms with E-state index in [0.717, 1.165) is 17.5 Å². The van der Waals surface area contributed by atoms with Crippen LogP contribution in [0.5, 0.6) is 0 Å². The maximum atomic E-state index is 4.54.